The SMILES string of the molecule is CC(Oc1ccc2nc(NC(=O)NCCN3CCOCC3)[nH]c2c1)c1c(Cl)cccc1Cl.O=C(O)C(F)(F)F. The van der Waals surface area contributed by atoms with Crippen LogP contribution in [-0.2, 0) is 9.53 Å². The molecule has 1 aromatic heterocycles. The second-order valence-electron chi connectivity index (χ2n) is 8.30. The third-order valence-electron chi connectivity index (χ3n) is 5.46. The number of imidazole rings is 1. The van der Waals surface area contributed by atoms with E-state index in [1.165, 1.54) is 0 Å². The van der Waals surface area contributed by atoms with Crippen molar-refractivity contribution < 1.29 is 37.3 Å². The number of hydrogen-bond acceptors (Lipinski definition) is 6. The van der Waals surface area contributed by atoms with Crippen LogP contribution < -0.4 is 15.4 Å². The number of hydrogen-bond donors (Lipinski definition) is 4. The van der Waals surface area contributed by atoms with Crippen LogP contribution in [0.3, 0.4) is 0 Å². The molecule has 0 bridgehead atoms. The van der Waals surface area contributed by atoms with Crippen molar-refractivity contribution in [2.24, 2.45) is 0 Å². The lowest BCUT2D eigenvalue weighted by atomic mass is 10.1. The number of ether oxygens (including phenoxy) is 2. The maximum absolute atomic E-state index is 12.2. The molecule has 10 nitrogen and oxygen atoms in total. The fourth-order valence-corrected chi connectivity index (χ4v) is 4.29. The van der Waals surface area contributed by atoms with Gasteiger partial charge in [0.2, 0.25) is 5.95 Å². The van der Waals surface area contributed by atoms with Gasteiger partial charge in [0, 0.05) is 47.9 Å². The van der Waals surface area contributed by atoms with Gasteiger partial charge in [-0.15, -0.1) is 0 Å². The molecule has 4 rings (SSSR count). The van der Waals surface area contributed by atoms with E-state index in [1.54, 1.807) is 18.2 Å². The lowest BCUT2D eigenvalue weighted by Crippen LogP contribution is -2.42. The quantitative estimate of drug-likeness (QED) is 0.301. The van der Waals surface area contributed by atoms with Crippen LogP contribution in [0.4, 0.5) is 23.9 Å². The van der Waals surface area contributed by atoms with Gasteiger partial charge in [-0.1, -0.05) is 29.3 Å². The highest BCUT2D eigenvalue weighted by Gasteiger charge is 2.38. The van der Waals surface area contributed by atoms with E-state index in [4.69, 9.17) is 42.6 Å². The molecule has 2 aromatic carbocycles. The number of nitrogens with zero attached hydrogens (tertiary/aromatic N) is 2. The van der Waals surface area contributed by atoms with Gasteiger partial charge in [-0.05, 0) is 31.2 Å². The molecule has 1 atom stereocenters. The number of benzene rings is 2. The lowest BCUT2D eigenvalue weighted by Gasteiger charge is -2.26. The number of rotatable bonds is 7. The fraction of sp³-hybridized carbons (Fsp3) is 0.375. The predicted octanol–water partition coefficient (Wildman–Crippen LogP) is 5.10. The van der Waals surface area contributed by atoms with Gasteiger partial charge >= 0.3 is 18.2 Å². The molecular formula is C24H26Cl2F3N5O5. The van der Waals surface area contributed by atoms with Crippen LogP contribution in [-0.4, -0.2) is 77.5 Å². The van der Waals surface area contributed by atoms with Gasteiger partial charge in [-0.2, -0.15) is 13.2 Å². The Kier molecular flexibility index (Phi) is 10.6. The van der Waals surface area contributed by atoms with Crippen molar-refractivity contribution in [3.63, 3.8) is 0 Å². The van der Waals surface area contributed by atoms with Crippen LogP contribution in [0, 0.1) is 0 Å². The number of carbonyl (C=O) groups excluding carboxylic acids is 1. The summed E-state index contributed by atoms with van der Waals surface area (Å²) in [5.74, 6) is -1.76. The van der Waals surface area contributed by atoms with E-state index in [2.05, 4.69) is 25.5 Å². The Bertz CT molecular complexity index is 1260. The van der Waals surface area contributed by atoms with Crippen LogP contribution in [0.2, 0.25) is 10.0 Å². The summed E-state index contributed by atoms with van der Waals surface area (Å²) >= 11 is 12.6. The van der Waals surface area contributed by atoms with Crippen LogP contribution in [0.1, 0.15) is 18.6 Å². The molecular weight excluding hydrogens is 566 g/mol. The van der Waals surface area contributed by atoms with Gasteiger partial charge in [0.05, 0.1) is 24.2 Å². The average Bonchev–Trinajstić information content (AvgIpc) is 3.25. The zero-order valence-corrected chi connectivity index (χ0v) is 22.2. The van der Waals surface area contributed by atoms with Crippen LogP contribution in [0.5, 0.6) is 5.75 Å². The average molecular weight is 592 g/mol. The minimum absolute atomic E-state index is 0.309. The summed E-state index contributed by atoms with van der Waals surface area (Å²) in [4.78, 5) is 30.8. The Labute approximate surface area is 231 Å². The molecule has 0 aliphatic carbocycles. The first-order valence-electron chi connectivity index (χ1n) is 11.7. The van der Waals surface area contributed by atoms with Crippen molar-refractivity contribution in [2.45, 2.75) is 19.2 Å². The second-order valence-corrected chi connectivity index (χ2v) is 9.11. The van der Waals surface area contributed by atoms with Crippen molar-refractivity contribution in [1.82, 2.24) is 20.2 Å². The van der Waals surface area contributed by atoms with E-state index >= 15 is 0 Å². The largest absolute Gasteiger partial charge is 0.490 e. The van der Waals surface area contributed by atoms with E-state index in [0.717, 1.165) is 43.9 Å². The summed E-state index contributed by atoms with van der Waals surface area (Å²) < 4.78 is 43.1. The molecule has 39 heavy (non-hydrogen) atoms. The maximum atomic E-state index is 12.2. The zero-order chi connectivity index (χ0) is 28.6. The highest BCUT2D eigenvalue weighted by atomic mass is 35.5. The number of halogens is 5. The minimum atomic E-state index is -5.08. The van der Waals surface area contributed by atoms with E-state index < -0.39 is 12.1 Å². The first kappa shape index (κ1) is 30.3. The Morgan fingerprint density at radius 1 is 1.21 bits per heavy atom. The third kappa shape index (κ3) is 9.17. The number of nitrogens with one attached hydrogen (secondary N) is 3. The van der Waals surface area contributed by atoms with Gasteiger partial charge in [0.1, 0.15) is 11.9 Å². The van der Waals surface area contributed by atoms with Crippen LogP contribution in [0.25, 0.3) is 11.0 Å². The second kappa shape index (κ2) is 13.7. The molecule has 1 saturated heterocycles. The zero-order valence-electron chi connectivity index (χ0n) is 20.6. The van der Waals surface area contributed by atoms with Crippen molar-refractivity contribution in [3.05, 3.63) is 52.0 Å². The predicted molar refractivity (Wildman–Crippen MR) is 140 cm³/mol. The number of alkyl halides is 3. The Morgan fingerprint density at radius 2 is 1.85 bits per heavy atom. The molecule has 1 aliphatic heterocycles. The van der Waals surface area contributed by atoms with Crippen molar-refractivity contribution in [3.8, 4) is 5.75 Å². The number of carbonyl (C=O) groups is 2. The number of aliphatic carboxylic acids is 1. The van der Waals surface area contributed by atoms with Crippen molar-refractivity contribution in [2.75, 3.05) is 44.7 Å². The monoisotopic (exact) mass is 591 g/mol. The number of aromatic nitrogens is 2. The molecule has 4 N–H and O–H groups in total. The molecule has 15 heteroatoms. The standard InChI is InChI=1S/C22H25Cl2N5O3.C2HF3O2/c1-14(20-16(23)3-2-4-17(20)24)32-15-5-6-18-19(13-15)27-21(26-18)28-22(30)25-7-8-29-9-11-31-12-10-29;3-2(4,5)1(6)7/h2-6,13-14H,7-12H2,1H3,(H3,25,26,27,28,30);(H,6,7). The van der Waals surface area contributed by atoms with Gasteiger partial charge < -0.3 is 24.9 Å². The van der Waals surface area contributed by atoms with Crippen LogP contribution >= 0.6 is 23.2 Å². The van der Waals surface area contributed by atoms with Crippen molar-refractivity contribution >= 4 is 52.2 Å². The van der Waals surface area contributed by atoms with Gasteiger partial charge in [0.15, 0.2) is 0 Å². The van der Waals surface area contributed by atoms with Gasteiger partial charge in [-0.3, -0.25) is 10.2 Å². The minimum Gasteiger partial charge on any atom is -0.486 e. The number of carboxylic acid groups (broad SMARTS) is 1. The topological polar surface area (TPSA) is 129 Å². The molecule has 2 amide bonds. The summed E-state index contributed by atoms with van der Waals surface area (Å²) in [6, 6.07) is 10.5. The lowest BCUT2D eigenvalue weighted by molar-refractivity contribution is -0.192. The first-order chi connectivity index (χ1) is 18.4. The summed E-state index contributed by atoms with van der Waals surface area (Å²) in [7, 11) is 0. The molecule has 1 unspecified atom stereocenters. The molecule has 0 radical (unpaired) electrons. The number of H-pyrrole nitrogens is 1. The molecule has 0 spiro atoms. The summed E-state index contributed by atoms with van der Waals surface area (Å²) in [5.41, 5.74) is 2.18. The van der Waals surface area contributed by atoms with E-state index in [0.29, 0.717) is 33.8 Å². The summed E-state index contributed by atoms with van der Waals surface area (Å²) in [6.07, 6.45) is -5.42. The maximum Gasteiger partial charge on any atom is 0.490 e. The molecule has 1 fully saturated rings. The Hall–Kier alpha value is -3.26. The molecule has 3 aromatic rings. The van der Waals surface area contributed by atoms with E-state index in [1.807, 2.05) is 25.1 Å². The summed E-state index contributed by atoms with van der Waals surface area (Å²) in [5, 5.41) is 13.8. The first-order valence-corrected chi connectivity index (χ1v) is 12.4. The van der Waals surface area contributed by atoms with Crippen LogP contribution in [0.15, 0.2) is 36.4 Å². The normalized spacial score (nSPS) is 14.7. The van der Waals surface area contributed by atoms with E-state index in [9.17, 15) is 18.0 Å². The highest BCUT2D eigenvalue weighted by molar-refractivity contribution is 6.36. The summed E-state index contributed by atoms with van der Waals surface area (Å²) in [6.45, 7) is 6.47. The number of urea groups is 1. The number of fused-ring (bicyclic) bond motifs is 1. The van der Waals surface area contributed by atoms with Gasteiger partial charge in [-0.25, -0.2) is 14.6 Å². The smallest absolute Gasteiger partial charge is 0.486 e. The third-order valence-corrected chi connectivity index (χ3v) is 6.12. The number of aromatic amines is 1. The number of amides is 2. The Morgan fingerprint density at radius 3 is 2.46 bits per heavy atom. The highest BCUT2D eigenvalue weighted by Crippen LogP contribution is 2.33. The fourth-order valence-electron chi connectivity index (χ4n) is 3.59. The van der Waals surface area contributed by atoms with Gasteiger partial charge in [0.25, 0.3) is 0 Å². The van der Waals surface area contributed by atoms with E-state index in [-0.39, 0.29) is 12.1 Å². The number of anilines is 1. The number of carboxylic acids is 1. The molecule has 0 saturated carbocycles. The van der Waals surface area contributed by atoms with Crippen molar-refractivity contribution in [1.29, 1.82) is 0 Å². The molecule has 1 aliphatic rings. The number of morpholine rings is 1. The Balaban J connectivity index is 0.000000532. The molecule has 212 valence electrons. The molecule has 2 heterocycles.